The van der Waals surface area contributed by atoms with Crippen LogP contribution in [0.15, 0.2) is 0 Å². The first-order valence-electron chi connectivity index (χ1n) is 8.55. The number of hydrogen-bond donors (Lipinski definition) is 0. The zero-order chi connectivity index (χ0) is 13.4. The quantitative estimate of drug-likeness (QED) is 0.718. The second kappa shape index (κ2) is 5.73. The van der Waals surface area contributed by atoms with E-state index in [1.54, 1.807) is 0 Å². The monoisotopic (exact) mass is 264 g/mol. The molecule has 1 saturated carbocycles. The van der Waals surface area contributed by atoms with E-state index in [1.165, 1.54) is 58.2 Å². The summed E-state index contributed by atoms with van der Waals surface area (Å²) >= 11 is 0. The fourth-order valence-electron chi connectivity index (χ4n) is 5.41. The van der Waals surface area contributed by atoms with Crippen LogP contribution in [0.5, 0.6) is 0 Å². The maximum Gasteiger partial charge on any atom is 0.0155 e. The molecule has 2 saturated heterocycles. The van der Waals surface area contributed by atoms with E-state index in [2.05, 4.69) is 30.8 Å². The molecule has 0 radical (unpaired) electrons. The van der Waals surface area contributed by atoms with Gasteiger partial charge in [-0.15, -0.1) is 0 Å². The van der Waals surface area contributed by atoms with Crippen molar-refractivity contribution < 1.29 is 0 Å². The lowest BCUT2D eigenvalue weighted by atomic mass is 9.65. The summed E-state index contributed by atoms with van der Waals surface area (Å²) in [5.41, 5.74) is 0. The van der Waals surface area contributed by atoms with Crippen LogP contribution in [-0.4, -0.2) is 49.6 Å². The maximum absolute atomic E-state index is 2.74. The van der Waals surface area contributed by atoms with Crippen LogP contribution in [0.25, 0.3) is 0 Å². The molecule has 110 valence electrons. The molecular weight excluding hydrogens is 232 g/mol. The van der Waals surface area contributed by atoms with Crippen LogP contribution in [0.4, 0.5) is 0 Å². The lowest BCUT2D eigenvalue weighted by Crippen LogP contribution is -2.55. The molecule has 5 unspecified atom stereocenters. The first kappa shape index (κ1) is 13.9. The van der Waals surface area contributed by atoms with Crippen molar-refractivity contribution in [3.8, 4) is 0 Å². The second-order valence-corrected chi connectivity index (χ2v) is 7.66. The number of likely N-dealkylation sites (tertiary alicyclic amines) is 2. The van der Waals surface area contributed by atoms with Crippen LogP contribution in [0.3, 0.4) is 0 Å². The topological polar surface area (TPSA) is 6.48 Å². The lowest BCUT2D eigenvalue weighted by Gasteiger charge is -2.52. The van der Waals surface area contributed by atoms with E-state index in [0.29, 0.717) is 0 Å². The van der Waals surface area contributed by atoms with Gasteiger partial charge in [-0.25, -0.2) is 0 Å². The van der Waals surface area contributed by atoms with Gasteiger partial charge in [-0.2, -0.15) is 0 Å². The van der Waals surface area contributed by atoms with Crippen molar-refractivity contribution in [1.29, 1.82) is 0 Å². The SMILES string of the molecule is CC1CN(C)CCC1C1C2CCCCC2CCN1C. The molecule has 2 nitrogen and oxygen atoms in total. The zero-order valence-electron chi connectivity index (χ0n) is 13.1. The van der Waals surface area contributed by atoms with Gasteiger partial charge in [0, 0.05) is 12.6 Å². The minimum Gasteiger partial charge on any atom is -0.306 e. The van der Waals surface area contributed by atoms with Crippen molar-refractivity contribution in [3.05, 3.63) is 0 Å². The van der Waals surface area contributed by atoms with Crippen LogP contribution in [-0.2, 0) is 0 Å². The van der Waals surface area contributed by atoms with Gasteiger partial charge in [0.25, 0.3) is 0 Å². The van der Waals surface area contributed by atoms with Crippen molar-refractivity contribution in [1.82, 2.24) is 9.80 Å². The fourth-order valence-corrected chi connectivity index (χ4v) is 5.41. The molecule has 1 aliphatic carbocycles. The minimum absolute atomic E-state index is 0.881. The Bertz CT molecular complexity index is 304. The summed E-state index contributed by atoms with van der Waals surface area (Å²) in [6.45, 7) is 6.48. The number of piperidine rings is 2. The molecule has 5 atom stereocenters. The second-order valence-electron chi connectivity index (χ2n) is 7.66. The number of hydrogen-bond acceptors (Lipinski definition) is 2. The standard InChI is InChI=1S/C17H32N2/c1-13-12-18(2)10-9-15(13)17-16-7-5-4-6-14(16)8-11-19(17)3/h13-17H,4-12H2,1-3H3. The van der Waals surface area contributed by atoms with Crippen molar-refractivity contribution in [3.63, 3.8) is 0 Å². The summed E-state index contributed by atoms with van der Waals surface area (Å²) in [6, 6.07) is 0.891. The molecule has 2 heteroatoms. The Balaban J connectivity index is 1.76. The highest BCUT2D eigenvalue weighted by atomic mass is 15.2. The molecule has 0 amide bonds. The van der Waals surface area contributed by atoms with Gasteiger partial charge in [0.05, 0.1) is 0 Å². The largest absolute Gasteiger partial charge is 0.306 e. The van der Waals surface area contributed by atoms with E-state index < -0.39 is 0 Å². The van der Waals surface area contributed by atoms with E-state index in [9.17, 15) is 0 Å². The lowest BCUT2D eigenvalue weighted by molar-refractivity contribution is -0.0264. The Kier molecular flexibility index (Phi) is 4.19. The minimum atomic E-state index is 0.881. The molecule has 0 aromatic carbocycles. The van der Waals surface area contributed by atoms with Crippen molar-refractivity contribution in [2.24, 2.45) is 23.7 Å². The Morgan fingerprint density at radius 2 is 1.63 bits per heavy atom. The number of nitrogens with zero attached hydrogens (tertiary/aromatic N) is 2. The summed E-state index contributed by atoms with van der Waals surface area (Å²) in [5.74, 6) is 3.91. The average Bonchev–Trinajstić information content (AvgIpc) is 2.40. The molecule has 3 fully saturated rings. The number of fused-ring (bicyclic) bond motifs is 1. The van der Waals surface area contributed by atoms with E-state index >= 15 is 0 Å². The third-order valence-electron chi connectivity index (χ3n) is 6.38. The third kappa shape index (κ3) is 2.71. The average molecular weight is 264 g/mol. The number of rotatable bonds is 1. The summed E-state index contributed by atoms with van der Waals surface area (Å²) in [4.78, 5) is 5.27. The van der Waals surface area contributed by atoms with E-state index in [4.69, 9.17) is 0 Å². The zero-order valence-corrected chi connectivity index (χ0v) is 13.1. The molecule has 0 aromatic rings. The van der Waals surface area contributed by atoms with Gasteiger partial charge in [-0.1, -0.05) is 26.2 Å². The molecule has 0 bridgehead atoms. The van der Waals surface area contributed by atoms with E-state index in [0.717, 1.165) is 29.7 Å². The van der Waals surface area contributed by atoms with Gasteiger partial charge >= 0.3 is 0 Å². The highest BCUT2D eigenvalue weighted by Gasteiger charge is 2.43. The van der Waals surface area contributed by atoms with Crippen molar-refractivity contribution >= 4 is 0 Å². The fraction of sp³-hybridized carbons (Fsp3) is 1.00. The Morgan fingerprint density at radius 3 is 2.42 bits per heavy atom. The first-order chi connectivity index (χ1) is 9.16. The predicted molar refractivity (Wildman–Crippen MR) is 81.3 cm³/mol. The Labute approximate surface area is 119 Å². The summed E-state index contributed by atoms with van der Waals surface area (Å²) < 4.78 is 0. The van der Waals surface area contributed by atoms with Crippen molar-refractivity contribution in [2.75, 3.05) is 33.7 Å². The summed E-state index contributed by atoms with van der Waals surface area (Å²) in [7, 11) is 4.70. The summed E-state index contributed by atoms with van der Waals surface area (Å²) in [6.07, 6.45) is 8.93. The molecule has 0 spiro atoms. The van der Waals surface area contributed by atoms with Crippen LogP contribution in [0, 0.1) is 23.7 Å². The molecule has 2 aliphatic heterocycles. The predicted octanol–water partition coefficient (Wildman–Crippen LogP) is 3.08. The van der Waals surface area contributed by atoms with Crippen LogP contribution in [0.1, 0.15) is 45.4 Å². The van der Waals surface area contributed by atoms with Crippen LogP contribution >= 0.6 is 0 Å². The molecule has 3 aliphatic rings. The van der Waals surface area contributed by atoms with Gasteiger partial charge in [0.1, 0.15) is 0 Å². The van der Waals surface area contributed by atoms with E-state index in [1.807, 2.05) is 0 Å². The van der Waals surface area contributed by atoms with Gasteiger partial charge in [-0.3, -0.25) is 0 Å². The van der Waals surface area contributed by atoms with Gasteiger partial charge in [-0.05, 0) is 70.1 Å². The Morgan fingerprint density at radius 1 is 0.842 bits per heavy atom. The molecular formula is C17H32N2. The van der Waals surface area contributed by atoms with Crippen molar-refractivity contribution in [2.45, 2.75) is 51.5 Å². The molecule has 2 heterocycles. The molecule has 0 aromatic heterocycles. The first-order valence-corrected chi connectivity index (χ1v) is 8.55. The third-order valence-corrected chi connectivity index (χ3v) is 6.38. The van der Waals surface area contributed by atoms with E-state index in [-0.39, 0.29) is 0 Å². The molecule has 0 N–H and O–H groups in total. The highest BCUT2D eigenvalue weighted by molar-refractivity contribution is 4.96. The van der Waals surface area contributed by atoms with Gasteiger partial charge in [0.15, 0.2) is 0 Å². The van der Waals surface area contributed by atoms with Gasteiger partial charge < -0.3 is 9.80 Å². The van der Waals surface area contributed by atoms with Crippen LogP contribution < -0.4 is 0 Å². The maximum atomic E-state index is 2.74. The normalized spacial score (nSPS) is 45.9. The Hall–Kier alpha value is -0.0800. The summed E-state index contributed by atoms with van der Waals surface area (Å²) in [5, 5.41) is 0. The van der Waals surface area contributed by atoms with Crippen LogP contribution in [0.2, 0.25) is 0 Å². The highest BCUT2D eigenvalue weighted by Crippen LogP contribution is 2.44. The smallest absolute Gasteiger partial charge is 0.0155 e. The molecule has 19 heavy (non-hydrogen) atoms. The van der Waals surface area contributed by atoms with Gasteiger partial charge in [0.2, 0.25) is 0 Å². The molecule has 3 rings (SSSR count).